The van der Waals surface area contributed by atoms with Crippen molar-refractivity contribution in [3.8, 4) is 11.5 Å². The molecule has 7 heteroatoms. The summed E-state index contributed by atoms with van der Waals surface area (Å²) in [5.41, 5.74) is 2.49. The third kappa shape index (κ3) is 3.14. The van der Waals surface area contributed by atoms with Gasteiger partial charge in [0.25, 0.3) is 5.89 Å². The molecular weight excluding hydrogens is 302 g/mol. The summed E-state index contributed by atoms with van der Waals surface area (Å²) >= 11 is 0. The van der Waals surface area contributed by atoms with E-state index in [9.17, 15) is 4.21 Å². The Labute approximate surface area is 130 Å². The number of nitrogens with zero attached hydrogens (tertiary/aromatic N) is 3. The van der Waals surface area contributed by atoms with Crippen molar-refractivity contribution in [3.05, 3.63) is 53.2 Å². The van der Waals surface area contributed by atoms with Gasteiger partial charge in [0.1, 0.15) is 5.76 Å². The minimum Gasteiger partial charge on any atom is -0.361 e. The zero-order valence-corrected chi connectivity index (χ0v) is 13.1. The summed E-state index contributed by atoms with van der Waals surface area (Å²) in [4.78, 5) is 4.28. The molecule has 2 heterocycles. The third-order valence-corrected chi connectivity index (χ3v) is 4.46. The molecule has 3 aromatic rings. The van der Waals surface area contributed by atoms with E-state index in [0.717, 1.165) is 16.8 Å². The van der Waals surface area contributed by atoms with Crippen LogP contribution in [-0.2, 0) is 22.3 Å². The molecule has 22 heavy (non-hydrogen) atoms. The Morgan fingerprint density at radius 3 is 2.50 bits per heavy atom. The SMILES string of the molecule is Cc1noc(C)c1C[S@@](=O)Cc1noc(-c2ccccc2)n1. The van der Waals surface area contributed by atoms with Gasteiger partial charge in [0.15, 0.2) is 5.82 Å². The predicted molar refractivity (Wildman–Crippen MR) is 81.3 cm³/mol. The van der Waals surface area contributed by atoms with Gasteiger partial charge in [-0.1, -0.05) is 28.5 Å². The molecule has 0 aliphatic rings. The highest BCUT2D eigenvalue weighted by Gasteiger charge is 2.15. The smallest absolute Gasteiger partial charge is 0.257 e. The molecule has 114 valence electrons. The standard InChI is InChI=1S/C15H15N3O3S/c1-10-13(11(2)20-17-10)8-22(19)9-14-16-15(21-18-14)12-6-4-3-5-7-12/h3-7H,8-9H2,1-2H3/t22-/m1/s1. The zero-order valence-electron chi connectivity index (χ0n) is 12.3. The van der Waals surface area contributed by atoms with E-state index < -0.39 is 10.8 Å². The first-order valence-corrected chi connectivity index (χ1v) is 8.27. The van der Waals surface area contributed by atoms with Crippen molar-refractivity contribution in [3.63, 3.8) is 0 Å². The van der Waals surface area contributed by atoms with Crippen LogP contribution >= 0.6 is 0 Å². The Balaban J connectivity index is 1.69. The lowest BCUT2D eigenvalue weighted by Crippen LogP contribution is -2.02. The molecule has 6 nitrogen and oxygen atoms in total. The van der Waals surface area contributed by atoms with E-state index in [4.69, 9.17) is 9.05 Å². The molecule has 1 atom stereocenters. The molecule has 2 aromatic heterocycles. The molecule has 0 bridgehead atoms. The maximum Gasteiger partial charge on any atom is 0.257 e. The van der Waals surface area contributed by atoms with E-state index in [-0.39, 0.29) is 5.75 Å². The van der Waals surface area contributed by atoms with Crippen LogP contribution in [0, 0.1) is 13.8 Å². The number of hydrogen-bond donors (Lipinski definition) is 0. The van der Waals surface area contributed by atoms with Gasteiger partial charge in [-0.2, -0.15) is 4.98 Å². The lowest BCUT2D eigenvalue weighted by atomic mass is 10.2. The van der Waals surface area contributed by atoms with Crippen molar-refractivity contribution in [2.24, 2.45) is 0 Å². The van der Waals surface area contributed by atoms with Gasteiger partial charge >= 0.3 is 0 Å². The highest BCUT2D eigenvalue weighted by Crippen LogP contribution is 2.18. The molecule has 0 spiro atoms. The lowest BCUT2D eigenvalue weighted by molar-refractivity contribution is 0.392. The first-order chi connectivity index (χ1) is 10.6. The van der Waals surface area contributed by atoms with Crippen molar-refractivity contribution in [2.45, 2.75) is 25.4 Å². The van der Waals surface area contributed by atoms with E-state index >= 15 is 0 Å². The van der Waals surface area contributed by atoms with Crippen molar-refractivity contribution >= 4 is 10.8 Å². The monoisotopic (exact) mass is 317 g/mol. The van der Waals surface area contributed by atoms with Gasteiger partial charge < -0.3 is 9.05 Å². The molecule has 1 aromatic carbocycles. The first kappa shape index (κ1) is 14.6. The highest BCUT2D eigenvalue weighted by molar-refractivity contribution is 7.83. The molecular formula is C15H15N3O3S. The van der Waals surface area contributed by atoms with E-state index in [2.05, 4.69) is 15.3 Å². The molecule has 0 aliphatic heterocycles. The van der Waals surface area contributed by atoms with Crippen molar-refractivity contribution < 1.29 is 13.3 Å². The molecule has 0 unspecified atom stereocenters. The summed E-state index contributed by atoms with van der Waals surface area (Å²) in [6.45, 7) is 3.65. The van der Waals surface area contributed by atoms with E-state index in [1.807, 2.05) is 44.2 Å². The van der Waals surface area contributed by atoms with Crippen LogP contribution in [0.4, 0.5) is 0 Å². The van der Waals surface area contributed by atoms with Crippen molar-refractivity contribution in [1.29, 1.82) is 0 Å². The van der Waals surface area contributed by atoms with Crippen LogP contribution in [0.1, 0.15) is 22.8 Å². The van der Waals surface area contributed by atoms with Gasteiger partial charge in [0.05, 0.1) is 17.2 Å². The fourth-order valence-electron chi connectivity index (χ4n) is 2.07. The maximum absolute atomic E-state index is 12.3. The number of aromatic nitrogens is 3. The molecule has 0 N–H and O–H groups in total. The summed E-state index contributed by atoms with van der Waals surface area (Å²) in [6.07, 6.45) is 0. The topological polar surface area (TPSA) is 82.0 Å². The lowest BCUT2D eigenvalue weighted by Gasteiger charge is -1.98. The fraction of sp³-hybridized carbons (Fsp3) is 0.267. The van der Waals surface area contributed by atoms with Gasteiger partial charge in [-0.15, -0.1) is 0 Å². The second-order valence-corrected chi connectivity index (χ2v) is 6.37. The van der Waals surface area contributed by atoms with Gasteiger partial charge in [0, 0.05) is 21.9 Å². The molecule has 3 rings (SSSR count). The van der Waals surface area contributed by atoms with E-state index in [1.165, 1.54) is 0 Å². The van der Waals surface area contributed by atoms with Crippen LogP contribution in [-0.4, -0.2) is 19.5 Å². The van der Waals surface area contributed by atoms with Crippen molar-refractivity contribution in [2.75, 3.05) is 0 Å². The Hall–Kier alpha value is -2.28. The Bertz CT molecular complexity index is 776. The fourth-order valence-corrected chi connectivity index (χ4v) is 3.32. The minimum atomic E-state index is -1.15. The van der Waals surface area contributed by atoms with E-state index in [0.29, 0.717) is 23.2 Å². The third-order valence-electron chi connectivity index (χ3n) is 3.27. The van der Waals surface area contributed by atoms with Crippen LogP contribution in [0.5, 0.6) is 0 Å². The molecule has 0 fully saturated rings. The second kappa shape index (κ2) is 6.23. The number of benzene rings is 1. The highest BCUT2D eigenvalue weighted by atomic mass is 32.2. The Morgan fingerprint density at radius 2 is 1.82 bits per heavy atom. The minimum absolute atomic E-state index is 0.237. The molecule has 0 amide bonds. The molecule has 0 aliphatic carbocycles. The van der Waals surface area contributed by atoms with Gasteiger partial charge in [0.2, 0.25) is 0 Å². The summed E-state index contributed by atoms with van der Waals surface area (Å²) in [5, 5.41) is 7.75. The van der Waals surface area contributed by atoms with Crippen molar-refractivity contribution in [1.82, 2.24) is 15.3 Å². The summed E-state index contributed by atoms with van der Waals surface area (Å²) in [7, 11) is -1.15. The maximum atomic E-state index is 12.3. The number of aryl methyl sites for hydroxylation is 2. The average molecular weight is 317 g/mol. The Morgan fingerprint density at radius 1 is 1.05 bits per heavy atom. The summed E-state index contributed by atoms with van der Waals surface area (Å²) < 4.78 is 22.5. The zero-order chi connectivity index (χ0) is 15.5. The first-order valence-electron chi connectivity index (χ1n) is 6.78. The van der Waals surface area contributed by atoms with Gasteiger partial charge in [-0.25, -0.2) is 0 Å². The average Bonchev–Trinajstić information content (AvgIpc) is 3.10. The number of hydrogen-bond acceptors (Lipinski definition) is 6. The molecule has 0 saturated heterocycles. The number of rotatable bonds is 5. The van der Waals surface area contributed by atoms with Crippen LogP contribution in [0.3, 0.4) is 0 Å². The van der Waals surface area contributed by atoms with Gasteiger partial charge in [-0.3, -0.25) is 4.21 Å². The Kier molecular flexibility index (Phi) is 4.15. The van der Waals surface area contributed by atoms with Crippen LogP contribution in [0.15, 0.2) is 39.4 Å². The molecule has 0 radical (unpaired) electrons. The normalized spacial score (nSPS) is 12.5. The van der Waals surface area contributed by atoms with E-state index in [1.54, 1.807) is 0 Å². The largest absolute Gasteiger partial charge is 0.361 e. The quantitative estimate of drug-likeness (QED) is 0.719. The molecule has 0 saturated carbocycles. The predicted octanol–water partition coefficient (Wildman–Crippen LogP) is 2.79. The van der Waals surface area contributed by atoms with Crippen LogP contribution < -0.4 is 0 Å². The van der Waals surface area contributed by atoms with Crippen LogP contribution in [0.2, 0.25) is 0 Å². The van der Waals surface area contributed by atoms with Crippen LogP contribution in [0.25, 0.3) is 11.5 Å². The summed E-state index contributed by atoms with van der Waals surface area (Å²) in [6, 6.07) is 9.49. The van der Waals surface area contributed by atoms with Gasteiger partial charge in [-0.05, 0) is 26.0 Å². The summed E-state index contributed by atoms with van der Waals surface area (Å²) in [5.74, 6) is 2.18. The second-order valence-electron chi connectivity index (χ2n) is 4.91.